The molecule has 0 saturated heterocycles. The second-order valence-corrected chi connectivity index (χ2v) is 6.79. The van der Waals surface area contributed by atoms with Gasteiger partial charge in [0, 0.05) is 6.92 Å². The van der Waals surface area contributed by atoms with E-state index in [2.05, 4.69) is 4.99 Å². The Bertz CT molecular complexity index is 456. The summed E-state index contributed by atoms with van der Waals surface area (Å²) in [5.74, 6) is -1.07. The second kappa shape index (κ2) is 4.27. The normalized spacial score (nSPS) is 13.7. The lowest BCUT2D eigenvalue weighted by Gasteiger charge is -2.18. The van der Waals surface area contributed by atoms with Gasteiger partial charge in [0.15, 0.2) is 0 Å². The van der Waals surface area contributed by atoms with E-state index >= 15 is 0 Å². The molecule has 0 heterocycles. The van der Waals surface area contributed by atoms with Crippen molar-refractivity contribution in [2.75, 3.05) is 12.5 Å². The van der Waals surface area contributed by atoms with Crippen LogP contribution in [0.25, 0.3) is 0 Å². The average Bonchev–Trinajstić information content (AvgIpc) is 1.74. The zero-order valence-electron chi connectivity index (χ0n) is 8.75. The third-order valence-corrected chi connectivity index (χ3v) is 4.54. The second-order valence-electron chi connectivity index (χ2n) is 2.90. The summed E-state index contributed by atoms with van der Waals surface area (Å²) < 4.78 is 44.7. The minimum atomic E-state index is -4.01. The highest BCUT2D eigenvalue weighted by atomic mass is 32.3. The lowest BCUT2D eigenvalue weighted by atomic mass is 10.6. The van der Waals surface area contributed by atoms with Gasteiger partial charge in [0.05, 0.1) is 12.5 Å². The van der Waals surface area contributed by atoms with Crippen LogP contribution in [0.4, 0.5) is 0 Å². The summed E-state index contributed by atoms with van der Waals surface area (Å²) in [7, 11) is -8.01. The molecule has 0 fully saturated rings. The maximum absolute atomic E-state index is 11.2. The maximum atomic E-state index is 11.2. The zero-order chi connectivity index (χ0) is 12.4. The molecule has 0 N–H and O–H groups in total. The van der Waals surface area contributed by atoms with Crippen LogP contribution in [0.5, 0.6) is 0 Å². The van der Waals surface area contributed by atoms with Crippen LogP contribution < -0.4 is 0 Å². The van der Waals surface area contributed by atoms with Crippen molar-refractivity contribution < 1.29 is 21.6 Å². The van der Waals surface area contributed by atoms with E-state index in [4.69, 9.17) is 0 Å². The molecule has 0 aromatic carbocycles. The van der Waals surface area contributed by atoms with Gasteiger partial charge in [-0.2, -0.15) is 8.70 Å². The molecule has 0 spiro atoms. The first kappa shape index (κ1) is 14.0. The number of amides is 1. The summed E-state index contributed by atoms with van der Waals surface area (Å²) in [5, 5.41) is 0. The number of hydrogen-bond donors (Lipinski definition) is 0. The lowest BCUT2D eigenvalue weighted by molar-refractivity contribution is -0.115. The molecule has 0 unspecified atom stereocenters. The van der Waals surface area contributed by atoms with E-state index in [1.807, 2.05) is 0 Å². The van der Waals surface area contributed by atoms with Gasteiger partial charge in [0.25, 0.3) is 0 Å². The van der Waals surface area contributed by atoms with Crippen molar-refractivity contribution in [2.45, 2.75) is 13.8 Å². The molecule has 0 aromatic rings. The smallest absolute Gasteiger partial charge is 0.246 e. The van der Waals surface area contributed by atoms with E-state index in [0.29, 0.717) is 12.5 Å². The van der Waals surface area contributed by atoms with E-state index in [-0.39, 0.29) is 3.71 Å². The number of sulfonamides is 2. The SMILES string of the molecule is CC(=O)/N=C(\C)N(S(C)(=O)=O)S(C)(=O)=O. The van der Waals surface area contributed by atoms with Crippen molar-refractivity contribution in [1.29, 1.82) is 0 Å². The molecular weight excluding hydrogens is 244 g/mol. The van der Waals surface area contributed by atoms with Crippen LogP contribution in [0.15, 0.2) is 4.99 Å². The highest BCUT2D eigenvalue weighted by Gasteiger charge is 2.28. The first-order valence-electron chi connectivity index (χ1n) is 3.72. The van der Waals surface area contributed by atoms with Crippen LogP contribution >= 0.6 is 0 Å². The van der Waals surface area contributed by atoms with Crippen LogP contribution in [-0.2, 0) is 24.8 Å². The molecule has 15 heavy (non-hydrogen) atoms. The van der Waals surface area contributed by atoms with Gasteiger partial charge >= 0.3 is 0 Å². The number of carbonyl (C=O) groups is 1. The zero-order valence-corrected chi connectivity index (χ0v) is 10.4. The molecule has 7 nitrogen and oxygen atoms in total. The molecule has 9 heteroatoms. The van der Waals surface area contributed by atoms with Gasteiger partial charge in [-0.1, -0.05) is 0 Å². The van der Waals surface area contributed by atoms with Gasteiger partial charge in [0.1, 0.15) is 5.84 Å². The summed E-state index contributed by atoms with van der Waals surface area (Å²) in [5.41, 5.74) is 0. The van der Waals surface area contributed by atoms with Crippen molar-refractivity contribution in [1.82, 2.24) is 3.71 Å². The molecule has 0 bridgehead atoms. The van der Waals surface area contributed by atoms with Crippen LogP contribution in [-0.4, -0.2) is 44.8 Å². The Labute approximate surface area is 88.9 Å². The molecule has 1 amide bonds. The highest BCUT2D eigenvalue weighted by Crippen LogP contribution is 2.06. The predicted molar refractivity (Wildman–Crippen MR) is 55.3 cm³/mol. The van der Waals surface area contributed by atoms with Crippen LogP contribution in [0.1, 0.15) is 13.8 Å². The fourth-order valence-corrected chi connectivity index (χ4v) is 4.00. The Hall–Kier alpha value is -0.960. The van der Waals surface area contributed by atoms with Gasteiger partial charge in [-0.05, 0) is 6.92 Å². The minimum Gasteiger partial charge on any atom is -0.273 e. The minimum absolute atomic E-state index is 0.113. The fraction of sp³-hybridized carbons (Fsp3) is 0.667. The molecule has 0 rings (SSSR count). The first-order valence-corrected chi connectivity index (χ1v) is 7.42. The average molecular weight is 256 g/mol. The number of hydrogen-bond acceptors (Lipinski definition) is 5. The third kappa shape index (κ3) is 4.38. The van der Waals surface area contributed by atoms with Gasteiger partial charge in [-0.15, -0.1) is 0 Å². The molecule has 0 atom stereocenters. The number of carbonyl (C=O) groups excluding carboxylic acids is 1. The van der Waals surface area contributed by atoms with E-state index in [1.165, 1.54) is 0 Å². The summed E-state index contributed by atoms with van der Waals surface area (Å²) >= 11 is 0. The van der Waals surface area contributed by atoms with E-state index in [9.17, 15) is 21.6 Å². The van der Waals surface area contributed by atoms with E-state index in [0.717, 1.165) is 13.8 Å². The Morgan fingerprint density at radius 1 is 1.00 bits per heavy atom. The maximum Gasteiger partial charge on any atom is 0.246 e. The first-order chi connectivity index (χ1) is 6.46. The molecule has 0 aliphatic carbocycles. The predicted octanol–water partition coefficient (Wildman–Crippen LogP) is -0.827. The Kier molecular flexibility index (Phi) is 4.00. The number of nitrogens with zero attached hydrogens (tertiary/aromatic N) is 2. The molecule has 0 aliphatic heterocycles. The molecule has 0 aliphatic rings. The number of amidine groups is 1. The van der Waals surface area contributed by atoms with E-state index in [1.54, 1.807) is 0 Å². The fourth-order valence-electron chi connectivity index (χ4n) is 0.995. The van der Waals surface area contributed by atoms with Crippen molar-refractivity contribution in [3.63, 3.8) is 0 Å². The quantitative estimate of drug-likeness (QED) is 0.474. The summed E-state index contributed by atoms with van der Waals surface area (Å²) in [6.45, 7) is 2.22. The number of rotatable bonds is 2. The molecular formula is C6H12N2O5S2. The van der Waals surface area contributed by atoms with Crippen LogP contribution in [0, 0.1) is 0 Å². The summed E-state index contributed by atoms with van der Waals surface area (Å²) in [4.78, 5) is 13.9. The van der Waals surface area contributed by atoms with Gasteiger partial charge in [-0.25, -0.2) is 16.8 Å². The van der Waals surface area contributed by atoms with Crippen molar-refractivity contribution >= 4 is 31.8 Å². The van der Waals surface area contributed by atoms with Crippen LogP contribution in [0.2, 0.25) is 0 Å². The largest absolute Gasteiger partial charge is 0.273 e. The van der Waals surface area contributed by atoms with Gasteiger partial charge in [0.2, 0.25) is 26.0 Å². The Morgan fingerprint density at radius 3 is 1.53 bits per heavy atom. The lowest BCUT2D eigenvalue weighted by Crippen LogP contribution is -2.39. The third-order valence-electron chi connectivity index (χ3n) is 1.19. The van der Waals surface area contributed by atoms with Crippen molar-refractivity contribution in [2.24, 2.45) is 4.99 Å². The topological polar surface area (TPSA) is 101 Å². The standard InChI is InChI=1S/C6H12N2O5S2/c1-5(7-6(2)9)8(14(3,10)11)15(4,12)13/h1-4H3/b7-5+. The molecule has 88 valence electrons. The van der Waals surface area contributed by atoms with Gasteiger partial charge < -0.3 is 0 Å². The van der Waals surface area contributed by atoms with Crippen molar-refractivity contribution in [3.8, 4) is 0 Å². The summed E-state index contributed by atoms with van der Waals surface area (Å²) in [6.07, 6.45) is 1.43. The molecule has 0 radical (unpaired) electrons. The monoisotopic (exact) mass is 256 g/mol. The Morgan fingerprint density at radius 2 is 1.33 bits per heavy atom. The highest BCUT2D eigenvalue weighted by molar-refractivity contribution is 8.04. The van der Waals surface area contributed by atoms with Crippen LogP contribution in [0.3, 0.4) is 0 Å². The number of aliphatic imine (C=N–C) groups is 1. The molecule has 0 saturated carbocycles. The summed E-state index contributed by atoms with van der Waals surface area (Å²) in [6, 6.07) is 0. The Balaban J connectivity index is 5.66. The van der Waals surface area contributed by atoms with Gasteiger partial charge in [-0.3, -0.25) is 4.79 Å². The van der Waals surface area contributed by atoms with E-state index < -0.39 is 31.8 Å². The van der Waals surface area contributed by atoms with Crippen molar-refractivity contribution in [3.05, 3.63) is 0 Å². The molecule has 0 aromatic heterocycles.